The van der Waals surface area contributed by atoms with Crippen molar-refractivity contribution in [2.45, 2.75) is 20.3 Å². The van der Waals surface area contributed by atoms with Gasteiger partial charge in [0.15, 0.2) is 5.78 Å². The summed E-state index contributed by atoms with van der Waals surface area (Å²) in [6.45, 7) is 4.54. The van der Waals surface area contributed by atoms with Gasteiger partial charge in [0.25, 0.3) is 0 Å². The summed E-state index contributed by atoms with van der Waals surface area (Å²) in [5, 5.41) is 3.22. The Bertz CT molecular complexity index is 581. The fourth-order valence-corrected chi connectivity index (χ4v) is 1.76. The summed E-state index contributed by atoms with van der Waals surface area (Å²) in [5.74, 6) is 0.861. The predicted octanol–water partition coefficient (Wildman–Crippen LogP) is 3.17. The fraction of sp³-hybridized carbons (Fsp3) is 0.267. The van der Waals surface area contributed by atoms with E-state index in [2.05, 4.69) is 22.2 Å². The van der Waals surface area contributed by atoms with Crippen LogP contribution >= 0.6 is 0 Å². The zero-order valence-electron chi connectivity index (χ0n) is 11.2. The van der Waals surface area contributed by atoms with Gasteiger partial charge in [0, 0.05) is 23.7 Å². The lowest BCUT2D eigenvalue weighted by atomic mass is 10.1. The van der Waals surface area contributed by atoms with Crippen LogP contribution in [0.1, 0.15) is 30.6 Å². The Labute approximate surface area is 112 Å². The summed E-state index contributed by atoms with van der Waals surface area (Å²) in [6.07, 6.45) is 2.58. The Balaban J connectivity index is 2.30. The van der Waals surface area contributed by atoms with E-state index in [-0.39, 0.29) is 5.78 Å². The molecule has 1 heterocycles. The molecule has 2 aromatic rings. The van der Waals surface area contributed by atoms with Gasteiger partial charge in [-0.25, -0.2) is 9.97 Å². The molecule has 0 radical (unpaired) electrons. The lowest BCUT2D eigenvalue weighted by Crippen LogP contribution is -2.02. The van der Waals surface area contributed by atoms with Crippen LogP contribution in [0.2, 0.25) is 0 Å². The van der Waals surface area contributed by atoms with Crippen molar-refractivity contribution >= 4 is 11.6 Å². The summed E-state index contributed by atoms with van der Waals surface area (Å²) in [5.41, 5.74) is 2.44. The number of nitrogens with zero attached hydrogens (tertiary/aromatic N) is 2. The molecule has 0 aliphatic heterocycles. The van der Waals surface area contributed by atoms with Gasteiger partial charge in [-0.3, -0.25) is 4.79 Å². The van der Waals surface area contributed by atoms with E-state index >= 15 is 0 Å². The second-order valence-electron chi connectivity index (χ2n) is 4.35. The van der Waals surface area contributed by atoms with Gasteiger partial charge < -0.3 is 5.32 Å². The molecule has 0 fully saturated rings. The van der Waals surface area contributed by atoms with E-state index in [0.717, 1.165) is 30.0 Å². The Morgan fingerprint density at radius 1 is 1.26 bits per heavy atom. The summed E-state index contributed by atoms with van der Waals surface area (Å²) in [4.78, 5) is 19.8. The number of ketones is 1. The molecule has 1 N–H and O–H groups in total. The van der Waals surface area contributed by atoms with Gasteiger partial charge in [-0.05, 0) is 19.4 Å². The van der Waals surface area contributed by atoms with Gasteiger partial charge in [0.1, 0.15) is 12.1 Å². The number of hydrogen-bond donors (Lipinski definition) is 1. The molecule has 19 heavy (non-hydrogen) atoms. The van der Waals surface area contributed by atoms with E-state index in [1.165, 1.54) is 6.33 Å². The number of carbonyl (C=O) groups excluding carboxylic acids is 1. The van der Waals surface area contributed by atoms with Crippen molar-refractivity contribution in [3.8, 4) is 11.3 Å². The molecular formula is C15H17N3O. The molecule has 0 saturated heterocycles. The molecule has 4 nitrogen and oxygen atoms in total. The Morgan fingerprint density at radius 2 is 2.11 bits per heavy atom. The summed E-state index contributed by atoms with van der Waals surface area (Å²) in [6, 6.07) is 9.37. The van der Waals surface area contributed by atoms with Crippen molar-refractivity contribution in [3.63, 3.8) is 0 Å². The normalized spacial score (nSPS) is 10.2. The van der Waals surface area contributed by atoms with Crippen LogP contribution in [0.5, 0.6) is 0 Å². The zero-order valence-corrected chi connectivity index (χ0v) is 11.2. The molecule has 98 valence electrons. The minimum Gasteiger partial charge on any atom is -0.370 e. The molecule has 0 saturated carbocycles. The standard InChI is InChI=1S/C15H17N3O/c1-3-7-16-15-9-14(17-10-18-15)13-6-4-5-12(8-13)11(2)19/h4-6,8-10H,3,7H2,1-2H3,(H,16,17,18). The van der Waals surface area contributed by atoms with E-state index in [1.807, 2.05) is 30.3 Å². The fourth-order valence-electron chi connectivity index (χ4n) is 1.76. The topological polar surface area (TPSA) is 54.9 Å². The number of carbonyl (C=O) groups is 1. The van der Waals surface area contributed by atoms with Gasteiger partial charge >= 0.3 is 0 Å². The van der Waals surface area contributed by atoms with Crippen molar-refractivity contribution < 1.29 is 4.79 Å². The highest BCUT2D eigenvalue weighted by Crippen LogP contribution is 2.20. The van der Waals surface area contributed by atoms with Gasteiger partial charge in [-0.1, -0.05) is 25.1 Å². The second-order valence-corrected chi connectivity index (χ2v) is 4.35. The lowest BCUT2D eigenvalue weighted by molar-refractivity contribution is 0.101. The highest BCUT2D eigenvalue weighted by atomic mass is 16.1. The minimum atomic E-state index is 0.0558. The predicted molar refractivity (Wildman–Crippen MR) is 76.3 cm³/mol. The molecule has 4 heteroatoms. The van der Waals surface area contributed by atoms with Crippen molar-refractivity contribution in [2.75, 3.05) is 11.9 Å². The molecule has 0 bridgehead atoms. The molecule has 0 unspecified atom stereocenters. The van der Waals surface area contributed by atoms with Crippen LogP contribution in [0.4, 0.5) is 5.82 Å². The summed E-state index contributed by atoms with van der Waals surface area (Å²) in [7, 11) is 0. The highest BCUT2D eigenvalue weighted by molar-refractivity contribution is 5.95. The SMILES string of the molecule is CCCNc1cc(-c2cccc(C(C)=O)c2)ncn1. The maximum Gasteiger partial charge on any atom is 0.159 e. The smallest absolute Gasteiger partial charge is 0.159 e. The van der Waals surface area contributed by atoms with Gasteiger partial charge in [-0.2, -0.15) is 0 Å². The average molecular weight is 255 g/mol. The summed E-state index contributed by atoms with van der Waals surface area (Å²) < 4.78 is 0. The number of anilines is 1. The van der Waals surface area contributed by atoms with Crippen LogP contribution in [0.3, 0.4) is 0 Å². The average Bonchev–Trinajstić information content (AvgIpc) is 2.45. The third kappa shape index (κ3) is 3.37. The van der Waals surface area contributed by atoms with Crippen molar-refractivity contribution in [2.24, 2.45) is 0 Å². The van der Waals surface area contributed by atoms with Gasteiger partial charge in [-0.15, -0.1) is 0 Å². The first-order valence-corrected chi connectivity index (χ1v) is 6.38. The molecule has 0 aliphatic rings. The third-order valence-corrected chi connectivity index (χ3v) is 2.79. The summed E-state index contributed by atoms with van der Waals surface area (Å²) >= 11 is 0. The van der Waals surface area contributed by atoms with E-state index in [1.54, 1.807) is 6.92 Å². The first-order valence-electron chi connectivity index (χ1n) is 6.38. The number of benzene rings is 1. The van der Waals surface area contributed by atoms with Crippen LogP contribution < -0.4 is 5.32 Å². The molecular weight excluding hydrogens is 238 g/mol. The van der Waals surface area contributed by atoms with E-state index in [9.17, 15) is 4.79 Å². The monoisotopic (exact) mass is 255 g/mol. The second kappa shape index (κ2) is 6.09. The first-order chi connectivity index (χ1) is 9.20. The zero-order chi connectivity index (χ0) is 13.7. The molecule has 0 aliphatic carbocycles. The van der Waals surface area contributed by atoms with Crippen LogP contribution in [-0.4, -0.2) is 22.3 Å². The van der Waals surface area contributed by atoms with Crippen molar-refractivity contribution in [1.82, 2.24) is 9.97 Å². The third-order valence-electron chi connectivity index (χ3n) is 2.79. The van der Waals surface area contributed by atoms with E-state index in [4.69, 9.17) is 0 Å². The number of Topliss-reactive ketones (excluding diaryl/α,β-unsaturated/α-hetero) is 1. The molecule has 0 spiro atoms. The maximum atomic E-state index is 11.4. The quantitative estimate of drug-likeness (QED) is 0.834. The van der Waals surface area contributed by atoms with Crippen LogP contribution in [0.15, 0.2) is 36.7 Å². The van der Waals surface area contributed by atoms with Gasteiger partial charge in [0.2, 0.25) is 0 Å². The Hall–Kier alpha value is -2.23. The molecule has 0 amide bonds. The van der Waals surface area contributed by atoms with Crippen LogP contribution in [0.25, 0.3) is 11.3 Å². The van der Waals surface area contributed by atoms with E-state index in [0.29, 0.717) is 5.56 Å². The minimum absolute atomic E-state index is 0.0558. The van der Waals surface area contributed by atoms with E-state index < -0.39 is 0 Å². The first kappa shape index (κ1) is 13.2. The van der Waals surface area contributed by atoms with Gasteiger partial charge in [0.05, 0.1) is 5.69 Å². The van der Waals surface area contributed by atoms with Crippen molar-refractivity contribution in [1.29, 1.82) is 0 Å². The molecule has 1 aromatic carbocycles. The molecule has 1 aromatic heterocycles. The van der Waals surface area contributed by atoms with Crippen molar-refractivity contribution in [3.05, 3.63) is 42.2 Å². The number of rotatable bonds is 5. The lowest BCUT2D eigenvalue weighted by Gasteiger charge is -2.06. The van der Waals surface area contributed by atoms with Crippen LogP contribution in [-0.2, 0) is 0 Å². The number of hydrogen-bond acceptors (Lipinski definition) is 4. The van der Waals surface area contributed by atoms with Crippen LogP contribution in [0, 0.1) is 0 Å². The number of aromatic nitrogens is 2. The molecule has 0 atom stereocenters. The highest BCUT2D eigenvalue weighted by Gasteiger charge is 2.05. The maximum absolute atomic E-state index is 11.4. The molecule has 2 rings (SSSR count). The number of nitrogens with one attached hydrogen (secondary N) is 1. The Morgan fingerprint density at radius 3 is 2.84 bits per heavy atom. The Kier molecular flexibility index (Phi) is 4.23. The largest absolute Gasteiger partial charge is 0.370 e.